The number of para-hydroxylation sites is 1. The summed E-state index contributed by atoms with van der Waals surface area (Å²) >= 11 is 0. The van der Waals surface area contributed by atoms with Crippen LogP contribution in [0, 0.1) is 5.82 Å². The largest absolute Gasteiger partial charge is 0.489 e. The summed E-state index contributed by atoms with van der Waals surface area (Å²) < 4.78 is 29.8. The lowest BCUT2D eigenvalue weighted by atomic mass is 10.0. The second-order valence-corrected chi connectivity index (χ2v) is 7.04. The highest BCUT2D eigenvalue weighted by atomic mass is 19.1. The van der Waals surface area contributed by atoms with Crippen LogP contribution in [-0.4, -0.2) is 0 Å². The van der Waals surface area contributed by atoms with Crippen molar-refractivity contribution in [3.63, 3.8) is 0 Å². The highest BCUT2D eigenvalue weighted by Gasteiger charge is 2.14. The van der Waals surface area contributed by atoms with Gasteiger partial charge < -0.3 is 13.6 Å². The van der Waals surface area contributed by atoms with Crippen LogP contribution in [-0.2, 0) is 6.61 Å². The first kappa shape index (κ1) is 18.8. The Hall–Kier alpha value is -4.19. The predicted octanol–water partition coefficient (Wildman–Crippen LogP) is 5.28. The molecular weight excluding hydrogens is 399 g/mol. The van der Waals surface area contributed by atoms with E-state index in [1.807, 2.05) is 12.1 Å². The average molecular weight is 414 g/mol. The fourth-order valence-corrected chi connectivity index (χ4v) is 3.50. The SMILES string of the molecule is O=c1cc(-c2cc3ccccc3oc2=O)c2ccc(OCc3cccc(F)c3)cc2o1. The quantitative estimate of drug-likeness (QED) is 0.374. The molecule has 2 heterocycles. The van der Waals surface area contributed by atoms with Gasteiger partial charge in [0.15, 0.2) is 0 Å². The Morgan fingerprint density at radius 3 is 2.52 bits per heavy atom. The van der Waals surface area contributed by atoms with E-state index in [1.165, 1.54) is 18.2 Å². The molecule has 0 aliphatic rings. The molecule has 0 spiro atoms. The van der Waals surface area contributed by atoms with E-state index in [9.17, 15) is 14.0 Å². The van der Waals surface area contributed by atoms with Crippen molar-refractivity contribution in [2.45, 2.75) is 6.61 Å². The first-order valence-electron chi connectivity index (χ1n) is 9.55. The molecule has 0 aliphatic heterocycles. The third-order valence-corrected chi connectivity index (χ3v) is 4.94. The molecule has 31 heavy (non-hydrogen) atoms. The number of rotatable bonds is 4. The summed E-state index contributed by atoms with van der Waals surface area (Å²) in [6, 6.07) is 21.2. The topological polar surface area (TPSA) is 69.7 Å². The van der Waals surface area contributed by atoms with E-state index in [0.29, 0.717) is 27.8 Å². The van der Waals surface area contributed by atoms with Crippen LogP contribution in [0.1, 0.15) is 5.56 Å². The summed E-state index contributed by atoms with van der Waals surface area (Å²) in [4.78, 5) is 24.8. The van der Waals surface area contributed by atoms with Crippen molar-refractivity contribution >= 4 is 21.9 Å². The van der Waals surface area contributed by atoms with Crippen molar-refractivity contribution in [2.75, 3.05) is 0 Å². The molecule has 3 aromatic carbocycles. The van der Waals surface area contributed by atoms with Crippen molar-refractivity contribution in [3.8, 4) is 16.9 Å². The lowest BCUT2D eigenvalue weighted by Gasteiger charge is -2.09. The second-order valence-electron chi connectivity index (χ2n) is 7.04. The number of fused-ring (bicyclic) bond motifs is 2. The van der Waals surface area contributed by atoms with E-state index in [-0.39, 0.29) is 23.6 Å². The summed E-state index contributed by atoms with van der Waals surface area (Å²) in [5.74, 6) is 0.104. The van der Waals surface area contributed by atoms with E-state index < -0.39 is 11.3 Å². The van der Waals surface area contributed by atoms with Gasteiger partial charge in [-0.05, 0) is 42.0 Å². The van der Waals surface area contributed by atoms with E-state index in [4.69, 9.17) is 13.6 Å². The average Bonchev–Trinajstić information content (AvgIpc) is 2.76. The molecule has 0 unspecified atom stereocenters. The van der Waals surface area contributed by atoms with Crippen LogP contribution in [0.25, 0.3) is 33.1 Å². The molecule has 0 bridgehead atoms. The highest BCUT2D eigenvalue weighted by Crippen LogP contribution is 2.30. The summed E-state index contributed by atoms with van der Waals surface area (Å²) in [6.07, 6.45) is 0. The molecular formula is C25H15FO5. The monoisotopic (exact) mass is 414 g/mol. The first-order valence-corrected chi connectivity index (χ1v) is 9.55. The predicted molar refractivity (Wildman–Crippen MR) is 115 cm³/mol. The van der Waals surface area contributed by atoms with Crippen molar-refractivity contribution in [1.82, 2.24) is 0 Å². The van der Waals surface area contributed by atoms with Crippen LogP contribution >= 0.6 is 0 Å². The normalized spacial score (nSPS) is 11.1. The maximum absolute atomic E-state index is 13.3. The zero-order valence-corrected chi connectivity index (χ0v) is 16.1. The Balaban J connectivity index is 1.57. The van der Waals surface area contributed by atoms with Gasteiger partial charge in [-0.1, -0.05) is 30.3 Å². The lowest BCUT2D eigenvalue weighted by molar-refractivity contribution is 0.305. The fraction of sp³-hybridized carbons (Fsp3) is 0.0400. The third kappa shape index (κ3) is 3.71. The molecule has 5 aromatic rings. The number of hydrogen-bond acceptors (Lipinski definition) is 5. The van der Waals surface area contributed by atoms with Crippen LogP contribution in [0.5, 0.6) is 5.75 Å². The minimum Gasteiger partial charge on any atom is -0.489 e. The van der Waals surface area contributed by atoms with Crippen LogP contribution in [0.4, 0.5) is 4.39 Å². The summed E-state index contributed by atoms with van der Waals surface area (Å²) in [6.45, 7) is 0.154. The molecule has 0 aliphatic carbocycles. The van der Waals surface area contributed by atoms with Crippen molar-refractivity contribution < 1.29 is 18.0 Å². The maximum atomic E-state index is 13.3. The fourth-order valence-electron chi connectivity index (χ4n) is 3.50. The molecule has 0 fully saturated rings. The standard InChI is InChI=1S/C25H15FO5/c26-17-6-3-4-15(10-17)14-29-18-8-9-19-20(13-24(27)30-23(19)12-18)21-11-16-5-1-2-7-22(16)31-25(21)28/h1-13H,14H2. The number of halogens is 1. The Morgan fingerprint density at radius 1 is 0.774 bits per heavy atom. The Labute approximate surface area is 174 Å². The molecule has 6 heteroatoms. The van der Waals surface area contributed by atoms with Gasteiger partial charge in [-0.3, -0.25) is 0 Å². The molecule has 0 amide bonds. The van der Waals surface area contributed by atoms with Gasteiger partial charge >= 0.3 is 11.3 Å². The Bertz CT molecular complexity index is 1550. The first-order chi connectivity index (χ1) is 15.1. The minimum absolute atomic E-state index is 0.154. The molecule has 152 valence electrons. The van der Waals surface area contributed by atoms with Gasteiger partial charge in [0.25, 0.3) is 0 Å². The molecule has 5 nitrogen and oxygen atoms in total. The number of benzene rings is 3. The van der Waals surface area contributed by atoms with Gasteiger partial charge in [0.1, 0.15) is 29.3 Å². The molecule has 0 N–H and O–H groups in total. The van der Waals surface area contributed by atoms with Gasteiger partial charge in [-0.25, -0.2) is 14.0 Å². The van der Waals surface area contributed by atoms with Crippen molar-refractivity contribution in [2.24, 2.45) is 0 Å². The zero-order chi connectivity index (χ0) is 21.4. The smallest absolute Gasteiger partial charge is 0.344 e. The van der Waals surface area contributed by atoms with Gasteiger partial charge in [-0.2, -0.15) is 0 Å². The minimum atomic E-state index is -0.600. The molecule has 0 atom stereocenters. The van der Waals surface area contributed by atoms with Crippen molar-refractivity contribution in [1.29, 1.82) is 0 Å². The van der Waals surface area contributed by atoms with Crippen LogP contribution in [0.2, 0.25) is 0 Å². The number of ether oxygens (including phenoxy) is 1. The van der Waals surface area contributed by atoms with E-state index >= 15 is 0 Å². The summed E-state index contributed by atoms with van der Waals surface area (Å²) in [5, 5.41) is 1.31. The molecule has 0 saturated carbocycles. The summed E-state index contributed by atoms with van der Waals surface area (Å²) in [5.41, 5.74) is 0.953. The van der Waals surface area contributed by atoms with Crippen LogP contribution in [0.15, 0.2) is 97.3 Å². The highest BCUT2D eigenvalue weighted by molar-refractivity contribution is 5.95. The van der Waals surface area contributed by atoms with Gasteiger partial charge in [0, 0.05) is 28.5 Å². The lowest BCUT2D eigenvalue weighted by Crippen LogP contribution is -2.06. The second kappa shape index (κ2) is 7.57. The van der Waals surface area contributed by atoms with Gasteiger partial charge in [0.05, 0.1) is 5.56 Å². The molecule has 5 rings (SSSR count). The Morgan fingerprint density at radius 2 is 1.65 bits per heavy atom. The number of hydrogen-bond donors (Lipinski definition) is 0. The van der Waals surface area contributed by atoms with Gasteiger partial charge in [-0.15, -0.1) is 0 Å². The van der Waals surface area contributed by atoms with E-state index in [1.54, 1.807) is 48.5 Å². The Kier molecular flexibility index (Phi) is 4.59. The van der Waals surface area contributed by atoms with Crippen LogP contribution in [0.3, 0.4) is 0 Å². The maximum Gasteiger partial charge on any atom is 0.344 e. The third-order valence-electron chi connectivity index (χ3n) is 4.94. The van der Waals surface area contributed by atoms with Crippen molar-refractivity contribution in [3.05, 3.63) is 111 Å². The molecule has 2 aromatic heterocycles. The van der Waals surface area contributed by atoms with Gasteiger partial charge in [0.2, 0.25) is 0 Å². The molecule has 0 radical (unpaired) electrons. The molecule has 0 saturated heterocycles. The summed E-state index contributed by atoms with van der Waals surface area (Å²) in [7, 11) is 0. The van der Waals surface area contributed by atoms with E-state index in [0.717, 1.165) is 5.39 Å². The van der Waals surface area contributed by atoms with E-state index in [2.05, 4.69) is 0 Å². The van der Waals surface area contributed by atoms with Crippen LogP contribution < -0.4 is 16.0 Å². The zero-order valence-electron chi connectivity index (χ0n) is 16.1.